The second-order valence-electron chi connectivity index (χ2n) is 6.05. The Morgan fingerprint density at radius 2 is 1.74 bits per heavy atom. The highest BCUT2D eigenvalue weighted by Gasteiger charge is 2.29. The molecular formula is C17H29ClN2O2S. The fraction of sp³-hybridized carbons (Fsp3) is 0.647. The maximum atomic E-state index is 12.7. The lowest BCUT2D eigenvalue weighted by Crippen LogP contribution is -2.40. The van der Waals surface area contributed by atoms with E-state index in [2.05, 4.69) is 19.2 Å². The smallest absolute Gasteiger partial charge is 0.243 e. The van der Waals surface area contributed by atoms with Gasteiger partial charge in [-0.15, -0.1) is 12.4 Å². The van der Waals surface area contributed by atoms with Crippen LogP contribution in [-0.4, -0.2) is 38.9 Å². The van der Waals surface area contributed by atoms with Gasteiger partial charge >= 0.3 is 0 Å². The summed E-state index contributed by atoms with van der Waals surface area (Å²) in [7, 11) is -3.32. The van der Waals surface area contributed by atoms with Gasteiger partial charge in [0.25, 0.3) is 0 Å². The standard InChI is InChI=1S/C17H28N2O2S.ClH/c1-3-5-15-6-8-17(9-7-15)22(20,21)19-12-10-16(11-13-19)14-18-4-2;/h6-9,16,18H,3-5,10-14H2,1-2H3;1H. The Hall–Kier alpha value is -0.620. The molecule has 4 nitrogen and oxygen atoms in total. The molecule has 2 rings (SSSR count). The largest absolute Gasteiger partial charge is 0.317 e. The summed E-state index contributed by atoms with van der Waals surface area (Å²) in [6.45, 7) is 7.47. The van der Waals surface area contributed by atoms with Gasteiger partial charge in [-0.1, -0.05) is 32.4 Å². The molecule has 23 heavy (non-hydrogen) atoms. The molecule has 1 aromatic carbocycles. The summed E-state index contributed by atoms with van der Waals surface area (Å²) in [5.74, 6) is 0.596. The first-order valence-electron chi connectivity index (χ1n) is 8.37. The van der Waals surface area contributed by atoms with Crippen LogP contribution in [0.2, 0.25) is 0 Å². The fourth-order valence-corrected chi connectivity index (χ4v) is 4.44. The van der Waals surface area contributed by atoms with Crippen molar-refractivity contribution in [3.63, 3.8) is 0 Å². The van der Waals surface area contributed by atoms with Crippen LogP contribution in [0.1, 0.15) is 38.7 Å². The molecule has 1 aromatic rings. The van der Waals surface area contributed by atoms with Gasteiger partial charge in [-0.05, 0) is 56.0 Å². The molecule has 0 aromatic heterocycles. The van der Waals surface area contributed by atoms with E-state index < -0.39 is 10.0 Å². The summed E-state index contributed by atoms with van der Waals surface area (Å²) in [4.78, 5) is 0.428. The van der Waals surface area contributed by atoms with Crippen molar-refractivity contribution >= 4 is 22.4 Å². The Balaban J connectivity index is 0.00000264. The van der Waals surface area contributed by atoms with Gasteiger partial charge in [0.15, 0.2) is 0 Å². The molecule has 1 fully saturated rings. The minimum Gasteiger partial charge on any atom is -0.317 e. The van der Waals surface area contributed by atoms with Crippen LogP contribution in [0.4, 0.5) is 0 Å². The molecule has 0 atom stereocenters. The van der Waals surface area contributed by atoms with E-state index in [9.17, 15) is 8.42 Å². The van der Waals surface area contributed by atoms with Gasteiger partial charge in [0, 0.05) is 13.1 Å². The molecule has 1 heterocycles. The van der Waals surface area contributed by atoms with Gasteiger partial charge in [0.2, 0.25) is 10.0 Å². The number of hydrogen-bond donors (Lipinski definition) is 1. The quantitative estimate of drug-likeness (QED) is 0.812. The van der Waals surface area contributed by atoms with Crippen molar-refractivity contribution in [1.82, 2.24) is 9.62 Å². The maximum Gasteiger partial charge on any atom is 0.243 e. The van der Waals surface area contributed by atoms with Crippen LogP contribution < -0.4 is 5.32 Å². The Morgan fingerprint density at radius 3 is 2.26 bits per heavy atom. The molecule has 1 N–H and O–H groups in total. The van der Waals surface area contributed by atoms with Crippen LogP contribution in [0.3, 0.4) is 0 Å². The summed E-state index contributed by atoms with van der Waals surface area (Å²) in [5, 5.41) is 3.35. The first kappa shape index (κ1) is 20.4. The minimum atomic E-state index is -3.32. The molecule has 132 valence electrons. The number of sulfonamides is 1. The SMILES string of the molecule is CCCc1ccc(S(=O)(=O)N2CCC(CNCC)CC2)cc1.Cl. The Bertz CT molecular complexity index is 552. The summed E-state index contributed by atoms with van der Waals surface area (Å²) in [6.07, 6.45) is 3.96. The number of rotatable bonds is 7. The predicted molar refractivity (Wildman–Crippen MR) is 97.7 cm³/mol. The highest BCUT2D eigenvalue weighted by Crippen LogP contribution is 2.23. The van der Waals surface area contributed by atoms with Crippen molar-refractivity contribution < 1.29 is 8.42 Å². The van der Waals surface area contributed by atoms with Crippen molar-refractivity contribution in [3.8, 4) is 0 Å². The summed E-state index contributed by atoms with van der Waals surface area (Å²) < 4.78 is 27.0. The van der Waals surface area contributed by atoms with E-state index in [1.54, 1.807) is 16.4 Å². The molecule has 1 aliphatic heterocycles. The third-order valence-electron chi connectivity index (χ3n) is 4.36. The topological polar surface area (TPSA) is 49.4 Å². The number of hydrogen-bond acceptors (Lipinski definition) is 3. The average molecular weight is 361 g/mol. The van der Waals surface area contributed by atoms with E-state index in [4.69, 9.17) is 0 Å². The molecule has 0 saturated carbocycles. The van der Waals surface area contributed by atoms with Crippen LogP contribution in [0.15, 0.2) is 29.2 Å². The summed E-state index contributed by atoms with van der Waals surface area (Å²) >= 11 is 0. The average Bonchev–Trinajstić information content (AvgIpc) is 2.54. The van der Waals surface area contributed by atoms with E-state index in [1.807, 2.05) is 12.1 Å². The Kier molecular flexibility index (Phi) is 8.54. The maximum absolute atomic E-state index is 12.7. The number of halogens is 1. The van der Waals surface area contributed by atoms with Crippen LogP contribution in [0.5, 0.6) is 0 Å². The minimum absolute atomic E-state index is 0. The molecule has 0 spiro atoms. The van der Waals surface area contributed by atoms with Crippen molar-refractivity contribution in [3.05, 3.63) is 29.8 Å². The molecule has 0 bridgehead atoms. The first-order chi connectivity index (χ1) is 10.6. The van der Waals surface area contributed by atoms with Crippen LogP contribution in [-0.2, 0) is 16.4 Å². The zero-order valence-electron chi connectivity index (χ0n) is 14.1. The van der Waals surface area contributed by atoms with E-state index in [1.165, 1.54) is 5.56 Å². The van der Waals surface area contributed by atoms with Crippen molar-refractivity contribution in [2.45, 2.75) is 44.4 Å². The third-order valence-corrected chi connectivity index (χ3v) is 6.27. The number of nitrogens with one attached hydrogen (secondary N) is 1. The van der Waals surface area contributed by atoms with Crippen molar-refractivity contribution in [2.24, 2.45) is 5.92 Å². The second-order valence-corrected chi connectivity index (χ2v) is 7.99. The van der Waals surface area contributed by atoms with Gasteiger partial charge < -0.3 is 5.32 Å². The fourth-order valence-electron chi connectivity index (χ4n) is 2.97. The molecule has 0 unspecified atom stereocenters. The van der Waals surface area contributed by atoms with Crippen molar-refractivity contribution in [2.75, 3.05) is 26.2 Å². The van der Waals surface area contributed by atoms with E-state index in [0.717, 1.165) is 38.8 Å². The Morgan fingerprint density at radius 1 is 1.13 bits per heavy atom. The van der Waals surface area contributed by atoms with Gasteiger partial charge in [0.1, 0.15) is 0 Å². The molecule has 0 aliphatic carbocycles. The normalized spacial score (nSPS) is 17.0. The summed E-state index contributed by atoms with van der Waals surface area (Å²) in [5.41, 5.74) is 1.20. The van der Waals surface area contributed by atoms with Gasteiger partial charge in [-0.2, -0.15) is 4.31 Å². The summed E-state index contributed by atoms with van der Waals surface area (Å²) in [6, 6.07) is 7.39. The number of nitrogens with zero attached hydrogens (tertiary/aromatic N) is 1. The molecule has 6 heteroatoms. The number of aryl methyl sites for hydroxylation is 1. The second kappa shape index (κ2) is 9.62. The van der Waals surface area contributed by atoms with Crippen LogP contribution in [0, 0.1) is 5.92 Å². The number of piperidine rings is 1. The lowest BCUT2D eigenvalue weighted by Gasteiger charge is -2.31. The lowest BCUT2D eigenvalue weighted by atomic mass is 9.98. The molecule has 1 saturated heterocycles. The molecular weight excluding hydrogens is 332 g/mol. The van der Waals surface area contributed by atoms with Crippen molar-refractivity contribution in [1.29, 1.82) is 0 Å². The molecule has 1 aliphatic rings. The molecule has 0 amide bonds. The van der Waals surface area contributed by atoms with E-state index in [-0.39, 0.29) is 12.4 Å². The zero-order chi connectivity index (χ0) is 16.0. The Labute approximate surface area is 147 Å². The van der Waals surface area contributed by atoms with Gasteiger partial charge in [0.05, 0.1) is 4.90 Å². The van der Waals surface area contributed by atoms with Crippen LogP contribution >= 0.6 is 12.4 Å². The zero-order valence-corrected chi connectivity index (χ0v) is 15.8. The van der Waals surface area contributed by atoms with E-state index in [0.29, 0.717) is 23.9 Å². The first-order valence-corrected chi connectivity index (χ1v) is 9.81. The van der Waals surface area contributed by atoms with E-state index >= 15 is 0 Å². The third kappa shape index (κ3) is 5.45. The highest BCUT2D eigenvalue weighted by atomic mass is 35.5. The lowest BCUT2D eigenvalue weighted by molar-refractivity contribution is 0.268. The van der Waals surface area contributed by atoms with Crippen LogP contribution in [0.25, 0.3) is 0 Å². The monoisotopic (exact) mass is 360 g/mol. The van der Waals surface area contributed by atoms with Gasteiger partial charge in [-0.3, -0.25) is 0 Å². The molecule has 0 radical (unpaired) electrons. The van der Waals surface area contributed by atoms with Gasteiger partial charge in [-0.25, -0.2) is 8.42 Å². The predicted octanol–water partition coefficient (Wildman–Crippen LogP) is 3.07. The highest BCUT2D eigenvalue weighted by molar-refractivity contribution is 7.89. The number of benzene rings is 1.